The van der Waals surface area contributed by atoms with Crippen molar-refractivity contribution in [2.45, 2.75) is 12.6 Å². The summed E-state index contributed by atoms with van der Waals surface area (Å²) >= 11 is 0. The summed E-state index contributed by atoms with van der Waals surface area (Å²) in [6, 6.07) is 16.1. The number of carbonyl (C=O) groups excluding carboxylic acids is 2. The second-order valence-corrected chi connectivity index (χ2v) is 10.9. The number of hydrogen-bond donors (Lipinski definition) is 2. The number of hydrogen-bond acceptors (Lipinski definition) is 8. The zero-order chi connectivity index (χ0) is 29.6. The van der Waals surface area contributed by atoms with Crippen LogP contribution in [0.25, 0.3) is 0 Å². The van der Waals surface area contributed by atoms with Crippen LogP contribution in [0.4, 0.5) is 19.0 Å². The summed E-state index contributed by atoms with van der Waals surface area (Å²) in [7, 11) is -4.51. The Bertz CT molecular complexity index is 1590. The number of anilines is 1. The molecule has 1 aliphatic rings. The molecule has 1 saturated heterocycles. The van der Waals surface area contributed by atoms with E-state index in [1.165, 1.54) is 24.3 Å². The lowest BCUT2D eigenvalue weighted by Crippen LogP contribution is -2.49. The second kappa shape index (κ2) is 12.3. The first-order valence-corrected chi connectivity index (χ1v) is 13.9. The molecule has 0 unspecified atom stereocenters. The molecule has 0 radical (unpaired) electrons. The van der Waals surface area contributed by atoms with E-state index in [9.17, 15) is 36.3 Å². The van der Waals surface area contributed by atoms with E-state index in [4.69, 9.17) is 0 Å². The fraction of sp³-hybridized carbons (Fsp3) is 0.259. The van der Waals surface area contributed by atoms with Crippen LogP contribution in [-0.2, 0) is 10.0 Å². The zero-order valence-electron chi connectivity index (χ0n) is 21.4. The number of aromatic nitrogens is 2. The van der Waals surface area contributed by atoms with E-state index in [0.717, 1.165) is 0 Å². The molecule has 41 heavy (non-hydrogen) atoms. The number of phenolic OH excluding ortho intramolecular Hbond substituents is 1. The molecular formula is C27H24F3N5O5S. The van der Waals surface area contributed by atoms with Crippen molar-refractivity contribution in [2.75, 3.05) is 36.8 Å². The van der Waals surface area contributed by atoms with Gasteiger partial charge in [0.1, 0.15) is 5.75 Å². The van der Waals surface area contributed by atoms with Crippen LogP contribution in [-0.4, -0.2) is 78.5 Å². The minimum Gasteiger partial charge on any atom is -0.508 e. The lowest BCUT2D eigenvalue weighted by Gasteiger charge is -2.35. The topological polar surface area (TPSA) is 133 Å². The molecule has 1 aliphatic heterocycles. The highest BCUT2D eigenvalue weighted by molar-refractivity contribution is 7.90. The molecule has 14 heteroatoms. The van der Waals surface area contributed by atoms with Gasteiger partial charge in [0.25, 0.3) is 11.8 Å². The number of benzene rings is 2. The smallest absolute Gasteiger partial charge is 0.390 e. The minimum absolute atomic E-state index is 0.0921. The van der Waals surface area contributed by atoms with Gasteiger partial charge >= 0.3 is 6.18 Å². The molecule has 1 fully saturated rings. The third-order valence-corrected chi connectivity index (χ3v) is 7.26. The fourth-order valence-electron chi connectivity index (χ4n) is 3.92. The van der Waals surface area contributed by atoms with Crippen LogP contribution in [0, 0.1) is 11.8 Å². The third kappa shape index (κ3) is 8.18. The number of phenols is 1. The Morgan fingerprint density at radius 2 is 1.68 bits per heavy atom. The van der Waals surface area contributed by atoms with Gasteiger partial charge < -0.3 is 14.9 Å². The van der Waals surface area contributed by atoms with Gasteiger partial charge in [-0.05, 0) is 42.5 Å². The maximum absolute atomic E-state index is 13.3. The van der Waals surface area contributed by atoms with Crippen LogP contribution in [0.5, 0.6) is 5.75 Å². The summed E-state index contributed by atoms with van der Waals surface area (Å²) in [5, 5.41) is 17.3. The summed E-state index contributed by atoms with van der Waals surface area (Å²) in [6.07, 6.45) is -6.27. The van der Waals surface area contributed by atoms with E-state index >= 15 is 0 Å². The monoisotopic (exact) mass is 587 g/mol. The number of piperazine rings is 1. The number of nitrogens with zero attached hydrogens (tertiary/aromatic N) is 4. The molecule has 2 N–H and O–H groups in total. The number of nitrogens with one attached hydrogen (secondary N) is 1. The number of sulfonamides is 1. The first kappa shape index (κ1) is 29.3. The number of rotatable bonds is 6. The quantitative estimate of drug-likeness (QED) is 0.421. The van der Waals surface area contributed by atoms with Crippen LogP contribution in [0.2, 0.25) is 0 Å². The highest BCUT2D eigenvalue weighted by Crippen LogP contribution is 2.20. The molecule has 1 aromatic heterocycles. The Morgan fingerprint density at radius 1 is 0.951 bits per heavy atom. The van der Waals surface area contributed by atoms with Crippen LogP contribution in [0.15, 0.2) is 60.7 Å². The summed E-state index contributed by atoms with van der Waals surface area (Å²) in [4.78, 5) is 28.9. The van der Waals surface area contributed by atoms with Crippen LogP contribution < -0.4 is 9.62 Å². The van der Waals surface area contributed by atoms with Crippen molar-refractivity contribution < 1.29 is 36.3 Å². The van der Waals surface area contributed by atoms with E-state index < -0.39 is 34.3 Å². The van der Waals surface area contributed by atoms with Crippen molar-refractivity contribution in [1.29, 1.82) is 0 Å². The van der Waals surface area contributed by atoms with E-state index in [2.05, 4.69) is 22.0 Å². The van der Waals surface area contributed by atoms with Crippen LogP contribution in [0.1, 0.15) is 38.4 Å². The minimum atomic E-state index is -4.68. The van der Waals surface area contributed by atoms with E-state index in [1.54, 1.807) is 46.0 Å². The van der Waals surface area contributed by atoms with Crippen molar-refractivity contribution in [3.8, 4) is 17.6 Å². The largest absolute Gasteiger partial charge is 0.508 e. The number of alkyl halides is 3. The van der Waals surface area contributed by atoms with Gasteiger partial charge in [-0.1, -0.05) is 30.0 Å². The maximum atomic E-state index is 13.3. The molecule has 0 atom stereocenters. The number of halogens is 3. The zero-order valence-corrected chi connectivity index (χ0v) is 22.2. The Labute approximate surface area is 233 Å². The lowest BCUT2D eigenvalue weighted by atomic mass is 10.1. The van der Waals surface area contributed by atoms with Crippen LogP contribution in [0.3, 0.4) is 0 Å². The molecule has 0 saturated carbocycles. The van der Waals surface area contributed by atoms with Gasteiger partial charge in [0, 0.05) is 37.3 Å². The van der Waals surface area contributed by atoms with Crippen molar-refractivity contribution in [3.05, 3.63) is 83.0 Å². The van der Waals surface area contributed by atoms with Crippen molar-refractivity contribution >= 4 is 27.7 Å². The second-order valence-electron chi connectivity index (χ2n) is 9.02. The molecule has 0 bridgehead atoms. The summed E-state index contributed by atoms with van der Waals surface area (Å²) in [5.74, 6) is 3.75. The van der Waals surface area contributed by atoms with Gasteiger partial charge in [-0.15, -0.1) is 10.2 Å². The fourth-order valence-corrected chi connectivity index (χ4v) is 4.91. The average Bonchev–Trinajstić information content (AvgIpc) is 2.94. The average molecular weight is 588 g/mol. The van der Waals surface area contributed by atoms with Gasteiger partial charge in [-0.2, -0.15) is 13.2 Å². The molecule has 2 heterocycles. The van der Waals surface area contributed by atoms with Crippen LogP contribution >= 0.6 is 0 Å². The Morgan fingerprint density at radius 3 is 2.34 bits per heavy atom. The van der Waals surface area contributed by atoms with Gasteiger partial charge in [-0.3, -0.25) is 9.59 Å². The summed E-state index contributed by atoms with van der Waals surface area (Å²) in [5.41, 5.74) is 1.22. The molecule has 3 aromatic rings. The molecule has 0 aliphatic carbocycles. The Balaban J connectivity index is 1.35. The van der Waals surface area contributed by atoms with Gasteiger partial charge in [0.2, 0.25) is 10.0 Å². The molecule has 0 spiro atoms. The van der Waals surface area contributed by atoms with Gasteiger partial charge in [-0.25, -0.2) is 13.1 Å². The first-order chi connectivity index (χ1) is 19.4. The highest BCUT2D eigenvalue weighted by atomic mass is 32.2. The standard InChI is InChI=1S/C27H24F3N5O5S/c28-27(29,30)12-17-41(39,40)33-25(37)23-10-11-24(32-31-23)34-13-15-35(16-14-34)26(38)22-7-2-1-5-20(22)9-8-19-4-3-6-21(36)18-19/h1-7,10-11,18,36H,12-17H2,(H,33,37). The number of carbonyl (C=O) groups is 2. The maximum Gasteiger partial charge on any atom is 0.390 e. The van der Waals surface area contributed by atoms with E-state index in [1.807, 2.05) is 4.90 Å². The van der Waals surface area contributed by atoms with Crippen molar-refractivity contribution in [3.63, 3.8) is 0 Å². The normalized spacial score (nSPS) is 13.7. The Kier molecular flexibility index (Phi) is 8.77. The van der Waals surface area contributed by atoms with Gasteiger partial charge in [0.05, 0.1) is 17.7 Å². The first-order valence-electron chi connectivity index (χ1n) is 12.3. The predicted octanol–water partition coefficient (Wildman–Crippen LogP) is 2.56. The van der Waals surface area contributed by atoms with E-state index in [-0.39, 0.29) is 17.4 Å². The van der Waals surface area contributed by atoms with Gasteiger partial charge in [0.15, 0.2) is 11.5 Å². The SMILES string of the molecule is O=C(NS(=O)(=O)CCC(F)(F)F)c1ccc(N2CCN(C(=O)c3ccccc3C#Cc3cccc(O)c3)CC2)nn1. The third-order valence-electron chi connectivity index (χ3n) is 6.02. The van der Waals surface area contributed by atoms with E-state index in [0.29, 0.717) is 48.7 Å². The molecule has 4 rings (SSSR count). The molecule has 10 nitrogen and oxygen atoms in total. The number of amides is 2. The summed E-state index contributed by atoms with van der Waals surface area (Å²) in [6.45, 7) is 1.51. The number of aromatic hydroxyl groups is 1. The summed E-state index contributed by atoms with van der Waals surface area (Å²) < 4.78 is 62.0. The lowest BCUT2D eigenvalue weighted by molar-refractivity contribution is -0.130. The molecule has 2 amide bonds. The van der Waals surface area contributed by atoms with Crippen molar-refractivity contribution in [1.82, 2.24) is 19.8 Å². The molecule has 214 valence electrons. The van der Waals surface area contributed by atoms with Crippen molar-refractivity contribution in [2.24, 2.45) is 0 Å². The molecule has 2 aromatic carbocycles. The predicted molar refractivity (Wildman–Crippen MR) is 143 cm³/mol. The Hall–Kier alpha value is -4.64. The molecular weight excluding hydrogens is 563 g/mol. The highest BCUT2D eigenvalue weighted by Gasteiger charge is 2.31.